The first-order valence-corrected chi connectivity index (χ1v) is 7.83. The highest BCUT2D eigenvalue weighted by Crippen LogP contribution is 2.29. The number of ether oxygens (including phenoxy) is 1. The van der Waals surface area contributed by atoms with Crippen LogP contribution in [0.25, 0.3) is 0 Å². The van der Waals surface area contributed by atoms with Crippen molar-refractivity contribution in [1.82, 2.24) is 0 Å². The number of anilines is 3. The van der Waals surface area contributed by atoms with E-state index in [-0.39, 0.29) is 24.9 Å². The van der Waals surface area contributed by atoms with Crippen LogP contribution in [0.15, 0.2) is 48.5 Å². The second-order valence-corrected chi connectivity index (χ2v) is 5.40. The molecule has 0 saturated carbocycles. The van der Waals surface area contributed by atoms with Crippen LogP contribution in [-0.2, 0) is 9.59 Å². The SMILES string of the molecule is CCOc1ccccc1NC(=O)CN1CC(=O)Nc2ccccc21. The largest absolute Gasteiger partial charge is 0.492 e. The third-order valence-corrected chi connectivity index (χ3v) is 3.65. The molecule has 6 heteroatoms. The van der Waals surface area contributed by atoms with E-state index in [0.29, 0.717) is 18.0 Å². The van der Waals surface area contributed by atoms with E-state index < -0.39 is 0 Å². The molecule has 2 N–H and O–H groups in total. The van der Waals surface area contributed by atoms with Crippen molar-refractivity contribution >= 4 is 28.9 Å². The van der Waals surface area contributed by atoms with Gasteiger partial charge in [-0.3, -0.25) is 9.59 Å². The van der Waals surface area contributed by atoms with Crippen molar-refractivity contribution in [1.29, 1.82) is 0 Å². The average molecular weight is 325 g/mol. The predicted octanol–water partition coefficient (Wildman–Crippen LogP) is 2.48. The van der Waals surface area contributed by atoms with Crippen molar-refractivity contribution in [3.63, 3.8) is 0 Å². The third-order valence-electron chi connectivity index (χ3n) is 3.65. The van der Waals surface area contributed by atoms with E-state index >= 15 is 0 Å². The minimum absolute atomic E-state index is 0.0882. The summed E-state index contributed by atoms with van der Waals surface area (Å²) in [5, 5.41) is 5.66. The Morgan fingerprint density at radius 1 is 1.21 bits per heavy atom. The molecule has 0 aromatic heterocycles. The van der Waals surface area contributed by atoms with E-state index in [0.717, 1.165) is 11.4 Å². The van der Waals surface area contributed by atoms with Gasteiger partial charge in [-0.1, -0.05) is 24.3 Å². The number of carbonyl (C=O) groups excluding carboxylic acids is 2. The van der Waals surface area contributed by atoms with Gasteiger partial charge in [0.25, 0.3) is 0 Å². The van der Waals surface area contributed by atoms with Gasteiger partial charge < -0.3 is 20.3 Å². The summed E-state index contributed by atoms with van der Waals surface area (Å²) in [5.74, 6) is 0.299. The van der Waals surface area contributed by atoms with Crippen LogP contribution < -0.4 is 20.3 Å². The molecule has 0 spiro atoms. The van der Waals surface area contributed by atoms with E-state index in [1.165, 1.54) is 0 Å². The smallest absolute Gasteiger partial charge is 0.244 e. The Hall–Kier alpha value is -3.02. The number of carbonyl (C=O) groups is 2. The molecule has 0 bridgehead atoms. The highest BCUT2D eigenvalue weighted by molar-refractivity contribution is 6.03. The lowest BCUT2D eigenvalue weighted by atomic mass is 10.2. The summed E-state index contributed by atoms with van der Waals surface area (Å²) in [6.45, 7) is 2.65. The van der Waals surface area contributed by atoms with Crippen molar-refractivity contribution in [2.45, 2.75) is 6.92 Å². The summed E-state index contributed by atoms with van der Waals surface area (Å²) in [7, 11) is 0. The second-order valence-electron chi connectivity index (χ2n) is 5.40. The van der Waals surface area contributed by atoms with Crippen LogP contribution in [0.2, 0.25) is 0 Å². The first-order valence-electron chi connectivity index (χ1n) is 7.83. The highest BCUT2D eigenvalue weighted by atomic mass is 16.5. The number of hydrogen-bond donors (Lipinski definition) is 2. The number of amides is 2. The molecule has 124 valence electrons. The molecule has 0 aliphatic carbocycles. The van der Waals surface area contributed by atoms with Gasteiger partial charge in [0.05, 0.1) is 36.8 Å². The highest BCUT2D eigenvalue weighted by Gasteiger charge is 2.23. The Morgan fingerprint density at radius 3 is 2.79 bits per heavy atom. The predicted molar refractivity (Wildman–Crippen MR) is 93.5 cm³/mol. The van der Waals surface area contributed by atoms with Crippen molar-refractivity contribution in [2.75, 3.05) is 35.2 Å². The number of hydrogen-bond acceptors (Lipinski definition) is 4. The lowest BCUT2D eigenvalue weighted by molar-refractivity contribution is -0.115. The molecule has 3 rings (SSSR count). The summed E-state index contributed by atoms with van der Waals surface area (Å²) in [6, 6.07) is 14.7. The zero-order valence-corrected chi connectivity index (χ0v) is 13.4. The lowest BCUT2D eigenvalue weighted by Crippen LogP contribution is -2.42. The normalized spacial score (nSPS) is 13.0. The van der Waals surface area contributed by atoms with Crippen molar-refractivity contribution < 1.29 is 14.3 Å². The Labute approximate surface area is 140 Å². The second kappa shape index (κ2) is 7.04. The maximum atomic E-state index is 12.4. The minimum Gasteiger partial charge on any atom is -0.492 e. The number of para-hydroxylation sites is 4. The van der Waals surface area contributed by atoms with Crippen LogP contribution in [0.4, 0.5) is 17.1 Å². The maximum Gasteiger partial charge on any atom is 0.244 e. The van der Waals surface area contributed by atoms with Gasteiger partial charge in [-0.15, -0.1) is 0 Å². The molecule has 1 aliphatic heterocycles. The van der Waals surface area contributed by atoms with Gasteiger partial charge in [-0.05, 0) is 31.2 Å². The molecular formula is C18H19N3O3. The van der Waals surface area contributed by atoms with E-state index in [4.69, 9.17) is 4.74 Å². The Kier molecular flexibility index (Phi) is 4.65. The van der Waals surface area contributed by atoms with E-state index in [9.17, 15) is 9.59 Å². The molecule has 2 aromatic rings. The number of fused-ring (bicyclic) bond motifs is 1. The molecule has 1 heterocycles. The maximum absolute atomic E-state index is 12.4. The minimum atomic E-state index is -0.202. The summed E-state index contributed by atoms with van der Waals surface area (Å²) in [6.07, 6.45) is 0. The Balaban J connectivity index is 1.73. The number of benzene rings is 2. The molecular weight excluding hydrogens is 306 g/mol. The van der Waals surface area contributed by atoms with Crippen molar-refractivity contribution in [3.8, 4) is 5.75 Å². The fourth-order valence-electron chi connectivity index (χ4n) is 2.66. The molecule has 1 aliphatic rings. The quantitative estimate of drug-likeness (QED) is 0.886. The molecule has 0 fully saturated rings. The zero-order chi connectivity index (χ0) is 16.9. The van der Waals surface area contributed by atoms with E-state index in [1.54, 1.807) is 11.0 Å². The number of nitrogens with zero attached hydrogens (tertiary/aromatic N) is 1. The molecule has 24 heavy (non-hydrogen) atoms. The van der Waals surface area contributed by atoms with Crippen LogP contribution >= 0.6 is 0 Å². The summed E-state index contributed by atoms with van der Waals surface area (Å²) >= 11 is 0. The summed E-state index contributed by atoms with van der Waals surface area (Å²) < 4.78 is 5.51. The standard InChI is InChI=1S/C18H19N3O3/c1-2-24-16-10-6-4-8-14(16)20-18(23)12-21-11-17(22)19-13-7-3-5-9-15(13)21/h3-10H,2,11-12H2,1H3,(H,19,22)(H,20,23). The third kappa shape index (κ3) is 3.48. The van der Waals surface area contributed by atoms with E-state index in [1.807, 2.05) is 49.4 Å². The molecule has 2 amide bonds. The molecule has 0 atom stereocenters. The van der Waals surface area contributed by atoms with Crippen LogP contribution in [-0.4, -0.2) is 31.5 Å². The molecule has 0 saturated heterocycles. The van der Waals surface area contributed by atoms with Gasteiger partial charge in [0.1, 0.15) is 5.75 Å². The topological polar surface area (TPSA) is 70.7 Å². The first-order chi connectivity index (χ1) is 11.7. The van der Waals surface area contributed by atoms with Gasteiger partial charge in [0.2, 0.25) is 11.8 Å². The van der Waals surface area contributed by atoms with Crippen LogP contribution in [0, 0.1) is 0 Å². The first kappa shape index (κ1) is 15.9. The van der Waals surface area contributed by atoms with Gasteiger partial charge in [0, 0.05) is 0 Å². The summed E-state index contributed by atoms with van der Waals surface area (Å²) in [5.41, 5.74) is 2.18. The Morgan fingerprint density at radius 2 is 1.96 bits per heavy atom. The molecule has 6 nitrogen and oxygen atoms in total. The van der Waals surface area contributed by atoms with Gasteiger partial charge in [-0.2, -0.15) is 0 Å². The molecule has 0 radical (unpaired) electrons. The van der Waals surface area contributed by atoms with Crippen molar-refractivity contribution in [2.24, 2.45) is 0 Å². The van der Waals surface area contributed by atoms with E-state index in [2.05, 4.69) is 10.6 Å². The molecule has 0 unspecified atom stereocenters. The lowest BCUT2D eigenvalue weighted by Gasteiger charge is -2.30. The zero-order valence-electron chi connectivity index (χ0n) is 13.4. The summed E-state index contributed by atoms with van der Waals surface area (Å²) in [4.78, 5) is 26.0. The fourth-order valence-corrected chi connectivity index (χ4v) is 2.66. The van der Waals surface area contributed by atoms with Crippen LogP contribution in [0.3, 0.4) is 0 Å². The van der Waals surface area contributed by atoms with Gasteiger partial charge >= 0.3 is 0 Å². The Bertz CT molecular complexity index is 761. The van der Waals surface area contributed by atoms with Gasteiger partial charge in [-0.25, -0.2) is 0 Å². The average Bonchev–Trinajstić information content (AvgIpc) is 2.56. The van der Waals surface area contributed by atoms with Crippen LogP contribution in [0.5, 0.6) is 5.75 Å². The fraction of sp³-hybridized carbons (Fsp3) is 0.222. The monoisotopic (exact) mass is 325 g/mol. The van der Waals surface area contributed by atoms with Crippen molar-refractivity contribution in [3.05, 3.63) is 48.5 Å². The van der Waals surface area contributed by atoms with Crippen LogP contribution in [0.1, 0.15) is 6.92 Å². The number of nitrogens with one attached hydrogen (secondary N) is 2. The molecule has 2 aromatic carbocycles. The number of rotatable bonds is 5. The van der Waals surface area contributed by atoms with Gasteiger partial charge in [0.15, 0.2) is 0 Å².